The van der Waals surface area contributed by atoms with Crippen LogP contribution in [0.3, 0.4) is 0 Å². The van der Waals surface area contributed by atoms with Gasteiger partial charge in [-0.3, -0.25) is 9.89 Å². The molecule has 3 nitrogen and oxygen atoms in total. The third-order valence-electron chi connectivity index (χ3n) is 2.24. The summed E-state index contributed by atoms with van der Waals surface area (Å²) in [6.45, 7) is 2.00. The van der Waals surface area contributed by atoms with Crippen LogP contribution in [0.15, 0.2) is 35.1 Å². The van der Waals surface area contributed by atoms with E-state index >= 15 is 0 Å². The summed E-state index contributed by atoms with van der Waals surface area (Å²) in [5.41, 5.74) is 1.67. The molecule has 0 saturated heterocycles. The number of H-pyrrole nitrogens is 1. The quantitative estimate of drug-likeness (QED) is 0.833. The zero-order chi connectivity index (χ0) is 10.8. The molecule has 0 spiro atoms. The van der Waals surface area contributed by atoms with E-state index in [0.29, 0.717) is 5.02 Å². The van der Waals surface area contributed by atoms with E-state index in [9.17, 15) is 4.79 Å². The number of nitrogens with one attached hydrogen (secondary N) is 1. The Bertz CT molecular complexity index is 510. The number of rotatable bonds is 2. The predicted octanol–water partition coefficient (Wildman–Crippen LogP) is 2.38. The Morgan fingerprint density at radius 3 is 2.53 bits per heavy atom. The van der Waals surface area contributed by atoms with Crippen molar-refractivity contribution in [3.63, 3.8) is 0 Å². The van der Waals surface area contributed by atoms with Crippen molar-refractivity contribution in [2.24, 2.45) is 0 Å². The summed E-state index contributed by atoms with van der Waals surface area (Å²) in [6.07, 6.45) is 0.815. The minimum absolute atomic E-state index is 0.0471. The molecule has 0 unspecified atom stereocenters. The molecule has 0 aliphatic carbocycles. The summed E-state index contributed by atoms with van der Waals surface area (Å²) in [6, 6.07) is 8.74. The molecule has 1 aromatic heterocycles. The first-order valence-corrected chi connectivity index (χ1v) is 5.15. The van der Waals surface area contributed by atoms with Crippen LogP contribution in [-0.4, -0.2) is 9.78 Å². The number of aromatic nitrogens is 2. The van der Waals surface area contributed by atoms with Crippen LogP contribution in [0.5, 0.6) is 0 Å². The lowest BCUT2D eigenvalue weighted by molar-refractivity contribution is 0.819. The van der Waals surface area contributed by atoms with Gasteiger partial charge >= 0.3 is 0 Å². The van der Waals surface area contributed by atoms with Gasteiger partial charge in [0.05, 0.1) is 5.69 Å². The fraction of sp³-hybridized carbons (Fsp3) is 0.182. The van der Waals surface area contributed by atoms with E-state index in [4.69, 9.17) is 11.6 Å². The molecule has 0 bridgehead atoms. The summed E-state index contributed by atoms with van der Waals surface area (Å²) < 4.78 is 1.51. The normalized spacial score (nSPS) is 10.5. The van der Waals surface area contributed by atoms with E-state index in [1.165, 1.54) is 4.68 Å². The van der Waals surface area contributed by atoms with Gasteiger partial charge in [-0.2, -0.15) is 0 Å². The van der Waals surface area contributed by atoms with E-state index in [1.807, 2.05) is 6.92 Å². The molecule has 78 valence electrons. The fourth-order valence-electron chi connectivity index (χ4n) is 1.41. The Morgan fingerprint density at radius 2 is 2.00 bits per heavy atom. The highest BCUT2D eigenvalue weighted by atomic mass is 35.5. The highest BCUT2D eigenvalue weighted by molar-refractivity contribution is 6.30. The molecule has 0 radical (unpaired) electrons. The van der Waals surface area contributed by atoms with Crippen LogP contribution in [0.25, 0.3) is 5.69 Å². The smallest absolute Gasteiger partial charge is 0.271 e. The maximum atomic E-state index is 11.6. The average Bonchev–Trinajstić information content (AvgIpc) is 2.61. The van der Waals surface area contributed by atoms with Crippen molar-refractivity contribution in [3.05, 3.63) is 51.4 Å². The fourth-order valence-corrected chi connectivity index (χ4v) is 1.53. The van der Waals surface area contributed by atoms with Crippen LogP contribution >= 0.6 is 11.6 Å². The monoisotopic (exact) mass is 222 g/mol. The van der Waals surface area contributed by atoms with Crippen molar-refractivity contribution >= 4 is 11.6 Å². The zero-order valence-electron chi connectivity index (χ0n) is 8.33. The van der Waals surface area contributed by atoms with Gasteiger partial charge in [0.15, 0.2) is 0 Å². The number of aryl methyl sites for hydroxylation is 1. The summed E-state index contributed by atoms with van der Waals surface area (Å²) >= 11 is 5.77. The molecule has 0 atom stereocenters. The molecule has 1 aromatic carbocycles. The van der Waals surface area contributed by atoms with E-state index in [1.54, 1.807) is 30.3 Å². The molecule has 0 aliphatic heterocycles. The summed E-state index contributed by atoms with van der Waals surface area (Å²) in [5.74, 6) is 0. The molecule has 1 N–H and O–H groups in total. The Labute approximate surface area is 92.3 Å². The van der Waals surface area contributed by atoms with Gasteiger partial charge in [-0.15, -0.1) is 0 Å². The second-order valence-electron chi connectivity index (χ2n) is 3.28. The highest BCUT2D eigenvalue weighted by Crippen LogP contribution is 2.11. The molecule has 0 aliphatic rings. The standard InChI is InChI=1S/C11H11ClN2O/c1-2-9-7-11(15)14(13-9)10-5-3-8(12)4-6-10/h3-7,13H,2H2,1H3. The Morgan fingerprint density at radius 1 is 1.33 bits per heavy atom. The maximum absolute atomic E-state index is 11.6. The lowest BCUT2D eigenvalue weighted by Gasteiger charge is -2.01. The molecular formula is C11H11ClN2O. The van der Waals surface area contributed by atoms with Crippen molar-refractivity contribution in [2.45, 2.75) is 13.3 Å². The zero-order valence-corrected chi connectivity index (χ0v) is 9.08. The third kappa shape index (κ3) is 1.97. The average molecular weight is 223 g/mol. The Balaban J connectivity index is 2.49. The van der Waals surface area contributed by atoms with Gasteiger partial charge in [-0.1, -0.05) is 18.5 Å². The number of halogens is 1. The van der Waals surface area contributed by atoms with Crippen molar-refractivity contribution < 1.29 is 0 Å². The van der Waals surface area contributed by atoms with Crippen LogP contribution < -0.4 is 5.56 Å². The molecule has 0 saturated carbocycles. The van der Waals surface area contributed by atoms with E-state index in [0.717, 1.165) is 17.8 Å². The van der Waals surface area contributed by atoms with Gasteiger partial charge in [0.1, 0.15) is 0 Å². The van der Waals surface area contributed by atoms with Gasteiger partial charge in [0.2, 0.25) is 0 Å². The largest absolute Gasteiger partial charge is 0.295 e. The Kier molecular flexibility index (Phi) is 2.64. The lowest BCUT2D eigenvalue weighted by atomic mass is 10.3. The SMILES string of the molecule is CCc1cc(=O)n(-c2ccc(Cl)cc2)[nH]1. The number of benzene rings is 1. The summed E-state index contributed by atoms with van der Waals surface area (Å²) in [5, 5.41) is 3.69. The maximum Gasteiger partial charge on any atom is 0.271 e. The Hall–Kier alpha value is -1.48. The van der Waals surface area contributed by atoms with Gasteiger partial charge < -0.3 is 0 Å². The van der Waals surface area contributed by atoms with Gasteiger partial charge in [0, 0.05) is 16.8 Å². The number of nitrogens with zero attached hydrogens (tertiary/aromatic N) is 1. The van der Waals surface area contributed by atoms with Crippen molar-refractivity contribution in [1.29, 1.82) is 0 Å². The number of hydrogen-bond acceptors (Lipinski definition) is 1. The predicted molar refractivity (Wildman–Crippen MR) is 60.8 cm³/mol. The lowest BCUT2D eigenvalue weighted by Crippen LogP contribution is -2.13. The minimum atomic E-state index is -0.0471. The second kappa shape index (κ2) is 3.95. The van der Waals surface area contributed by atoms with Crippen LogP contribution in [-0.2, 0) is 6.42 Å². The summed E-state index contributed by atoms with van der Waals surface area (Å²) in [7, 11) is 0. The van der Waals surface area contributed by atoms with E-state index < -0.39 is 0 Å². The molecule has 2 rings (SSSR count). The topological polar surface area (TPSA) is 37.8 Å². The number of aromatic amines is 1. The minimum Gasteiger partial charge on any atom is -0.295 e. The molecule has 0 amide bonds. The van der Waals surface area contributed by atoms with E-state index in [2.05, 4.69) is 5.10 Å². The van der Waals surface area contributed by atoms with Crippen LogP contribution in [0.1, 0.15) is 12.6 Å². The van der Waals surface area contributed by atoms with Crippen LogP contribution in [0, 0.1) is 0 Å². The van der Waals surface area contributed by atoms with Gasteiger partial charge in [-0.25, -0.2) is 4.68 Å². The molecule has 0 fully saturated rings. The second-order valence-corrected chi connectivity index (χ2v) is 3.72. The summed E-state index contributed by atoms with van der Waals surface area (Å²) in [4.78, 5) is 11.6. The molecule has 15 heavy (non-hydrogen) atoms. The van der Waals surface area contributed by atoms with E-state index in [-0.39, 0.29) is 5.56 Å². The van der Waals surface area contributed by atoms with Gasteiger partial charge in [-0.05, 0) is 30.7 Å². The third-order valence-corrected chi connectivity index (χ3v) is 2.49. The van der Waals surface area contributed by atoms with Gasteiger partial charge in [0.25, 0.3) is 5.56 Å². The van der Waals surface area contributed by atoms with Crippen LogP contribution in [0.4, 0.5) is 0 Å². The first-order valence-electron chi connectivity index (χ1n) is 4.77. The molecular weight excluding hydrogens is 212 g/mol. The molecule has 4 heteroatoms. The van der Waals surface area contributed by atoms with Crippen molar-refractivity contribution in [2.75, 3.05) is 0 Å². The highest BCUT2D eigenvalue weighted by Gasteiger charge is 2.03. The van der Waals surface area contributed by atoms with Crippen molar-refractivity contribution in [1.82, 2.24) is 9.78 Å². The first kappa shape index (κ1) is 10.1. The molecule has 1 heterocycles. The van der Waals surface area contributed by atoms with Crippen molar-refractivity contribution in [3.8, 4) is 5.69 Å². The number of hydrogen-bond donors (Lipinski definition) is 1. The first-order chi connectivity index (χ1) is 7.20. The molecule has 2 aromatic rings. The van der Waals surface area contributed by atoms with Crippen LogP contribution in [0.2, 0.25) is 5.02 Å².